The Morgan fingerprint density at radius 2 is 1.85 bits per heavy atom. The Labute approximate surface area is 161 Å². The van der Waals surface area contributed by atoms with Crippen molar-refractivity contribution in [1.29, 1.82) is 0 Å². The largest absolute Gasteiger partial charge is 0.490 e. The average Bonchev–Trinajstić information content (AvgIpc) is 2.61. The van der Waals surface area contributed by atoms with Crippen molar-refractivity contribution < 1.29 is 14.4 Å². The molecule has 0 saturated carbocycles. The molecule has 5 heteroatoms. The molecule has 2 rings (SSSR count). The normalized spacial score (nSPS) is 11.2. The predicted octanol–water partition coefficient (Wildman–Crippen LogP) is 4.89. The van der Waals surface area contributed by atoms with Crippen LogP contribution in [-0.2, 0) is 9.63 Å². The maximum absolute atomic E-state index is 12.2. The van der Waals surface area contributed by atoms with Crippen molar-refractivity contribution in [2.45, 2.75) is 46.6 Å². The van der Waals surface area contributed by atoms with E-state index < -0.39 is 0 Å². The summed E-state index contributed by atoms with van der Waals surface area (Å²) in [5.74, 6) is 0.803. The van der Waals surface area contributed by atoms with Crippen molar-refractivity contribution in [3.8, 4) is 5.75 Å². The molecular weight excluding hydrogens is 340 g/mol. The highest BCUT2D eigenvalue weighted by molar-refractivity contribution is 5.93. The highest BCUT2D eigenvalue weighted by atomic mass is 16.6. The molecule has 0 aliphatic heterocycles. The van der Waals surface area contributed by atoms with Gasteiger partial charge in [-0.3, -0.25) is 4.79 Å². The fraction of sp³-hybridized carbons (Fsp3) is 0.364. The molecule has 0 saturated heterocycles. The Kier molecular flexibility index (Phi) is 7.41. The Morgan fingerprint density at radius 1 is 1.11 bits per heavy atom. The van der Waals surface area contributed by atoms with Crippen molar-refractivity contribution in [2.75, 3.05) is 11.9 Å². The number of aryl methyl sites for hydroxylation is 1. The standard InChI is InChI=1S/C22H28N2O3/c1-15(2)19-11-8-9-17(5)22(19)24-21(25)14-26-23-13-18-10-6-7-12-20(18)27-16(3)4/h6-13,15-16H,14H2,1-5H3,(H,24,25). The molecule has 0 unspecified atom stereocenters. The van der Waals surface area contributed by atoms with Crippen molar-refractivity contribution in [3.63, 3.8) is 0 Å². The second-order valence-corrected chi connectivity index (χ2v) is 6.95. The third-order valence-corrected chi connectivity index (χ3v) is 3.94. The van der Waals surface area contributed by atoms with Crippen molar-refractivity contribution in [2.24, 2.45) is 5.16 Å². The Bertz CT molecular complexity index is 798. The molecule has 27 heavy (non-hydrogen) atoms. The smallest absolute Gasteiger partial charge is 0.265 e. The van der Waals surface area contributed by atoms with E-state index in [0.717, 1.165) is 28.1 Å². The lowest BCUT2D eigenvalue weighted by Gasteiger charge is -2.16. The van der Waals surface area contributed by atoms with E-state index in [1.54, 1.807) is 6.21 Å². The molecule has 1 amide bonds. The van der Waals surface area contributed by atoms with E-state index in [0.29, 0.717) is 5.92 Å². The molecule has 0 aromatic heterocycles. The van der Waals surface area contributed by atoms with Crippen LogP contribution in [0, 0.1) is 6.92 Å². The third kappa shape index (κ3) is 6.13. The number of benzene rings is 2. The molecule has 144 valence electrons. The third-order valence-electron chi connectivity index (χ3n) is 3.94. The number of nitrogens with zero attached hydrogens (tertiary/aromatic N) is 1. The van der Waals surface area contributed by atoms with Crippen LogP contribution in [0.4, 0.5) is 5.69 Å². The van der Waals surface area contributed by atoms with Crippen LogP contribution < -0.4 is 10.1 Å². The summed E-state index contributed by atoms with van der Waals surface area (Å²) in [5.41, 5.74) is 3.78. The van der Waals surface area contributed by atoms with Crippen molar-refractivity contribution in [1.82, 2.24) is 0 Å². The lowest BCUT2D eigenvalue weighted by Crippen LogP contribution is -2.19. The fourth-order valence-corrected chi connectivity index (χ4v) is 2.66. The topological polar surface area (TPSA) is 59.9 Å². The van der Waals surface area contributed by atoms with E-state index in [-0.39, 0.29) is 18.6 Å². The quantitative estimate of drug-likeness (QED) is 0.533. The summed E-state index contributed by atoms with van der Waals surface area (Å²) in [6, 6.07) is 13.6. The van der Waals surface area contributed by atoms with Gasteiger partial charge in [-0.1, -0.05) is 49.3 Å². The number of para-hydroxylation sites is 2. The Morgan fingerprint density at radius 3 is 2.56 bits per heavy atom. The summed E-state index contributed by atoms with van der Waals surface area (Å²) in [6.07, 6.45) is 1.62. The van der Waals surface area contributed by atoms with Gasteiger partial charge in [-0.25, -0.2) is 0 Å². The summed E-state index contributed by atoms with van der Waals surface area (Å²) in [5, 5.41) is 6.84. The van der Waals surface area contributed by atoms with Crippen LogP contribution in [-0.4, -0.2) is 24.8 Å². The minimum Gasteiger partial charge on any atom is -0.490 e. The number of hydrogen-bond acceptors (Lipinski definition) is 4. The minimum absolute atomic E-state index is 0.0653. The summed E-state index contributed by atoms with van der Waals surface area (Å²) < 4.78 is 5.73. The van der Waals surface area contributed by atoms with E-state index in [1.165, 1.54) is 0 Å². The molecule has 0 atom stereocenters. The van der Waals surface area contributed by atoms with E-state index in [2.05, 4.69) is 24.3 Å². The molecule has 1 N–H and O–H groups in total. The van der Waals surface area contributed by atoms with E-state index in [4.69, 9.17) is 9.57 Å². The van der Waals surface area contributed by atoms with Crippen LogP contribution in [0.2, 0.25) is 0 Å². The number of nitrogens with one attached hydrogen (secondary N) is 1. The second kappa shape index (κ2) is 9.76. The molecule has 0 aliphatic rings. The lowest BCUT2D eigenvalue weighted by atomic mass is 9.98. The van der Waals surface area contributed by atoms with Crippen LogP contribution in [0.25, 0.3) is 0 Å². The summed E-state index contributed by atoms with van der Waals surface area (Å²) >= 11 is 0. The Balaban J connectivity index is 1.95. The molecule has 0 bridgehead atoms. The number of hydrogen-bond donors (Lipinski definition) is 1. The molecule has 0 spiro atoms. The maximum atomic E-state index is 12.2. The van der Waals surface area contributed by atoms with Gasteiger partial charge >= 0.3 is 0 Å². The first kappa shape index (κ1) is 20.5. The van der Waals surface area contributed by atoms with Crippen molar-refractivity contribution >= 4 is 17.8 Å². The molecule has 0 aliphatic carbocycles. The molecule has 2 aromatic carbocycles. The number of carbonyl (C=O) groups is 1. The number of carbonyl (C=O) groups excluding carboxylic acids is 1. The highest BCUT2D eigenvalue weighted by Crippen LogP contribution is 2.27. The van der Waals surface area contributed by atoms with E-state index in [1.807, 2.05) is 63.2 Å². The van der Waals surface area contributed by atoms with Crippen LogP contribution in [0.5, 0.6) is 5.75 Å². The summed E-state index contributed by atoms with van der Waals surface area (Å²) in [4.78, 5) is 17.4. The zero-order valence-corrected chi connectivity index (χ0v) is 16.7. The van der Waals surface area contributed by atoms with E-state index in [9.17, 15) is 4.79 Å². The van der Waals surface area contributed by atoms with Gasteiger partial charge in [-0.05, 0) is 49.9 Å². The maximum Gasteiger partial charge on any atom is 0.265 e. The molecule has 0 fully saturated rings. The summed E-state index contributed by atoms with van der Waals surface area (Å²) in [7, 11) is 0. The lowest BCUT2D eigenvalue weighted by molar-refractivity contribution is -0.120. The van der Waals surface area contributed by atoms with Crippen LogP contribution >= 0.6 is 0 Å². The van der Waals surface area contributed by atoms with E-state index >= 15 is 0 Å². The monoisotopic (exact) mass is 368 g/mol. The van der Waals surface area contributed by atoms with Crippen LogP contribution in [0.1, 0.15) is 50.3 Å². The molecule has 2 aromatic rings. The Hall–Kier alpha value is -2.82. The van der Waals surface area contributed by atoms with Crippen molar-refractivity contribution in [3.05, 3.63) is 59.2 Å². The summed E-state index contributed by atoms with van der Waals surface area (Å²) in [6.45, 7) is 9.95. The zero-order chi connectivity index (χ0) is 19.8. The van der Waals surface area contributed by atoms with Gasteiger partial charge in [0.1, 0.15) is 5.75 Å². The number of rotatable bonds is 8. The number of anilines is 1. The minimum atomic E-state index is -0.241. The predicted molar refractivity (Wildman–Crippen MR) is 110 cm³/mol. The van der Waals surface area contributed by atoms with Crippen LogP contribution in [0.3, 0.4) is 0 Å². The van der Waals surface area contributed by atoms with Gasteiger partial charge in [0.15, 0.2) is 6.61 Å². The average molecular weight is 368 g/mol. The van der Waals surface area contributed by atoms with Gasteiger partial charge in [0, 0.05) is 11.3 Å². The van der Waals surface area contributed by atoms with Gasteiger partial charge in [0.25, 0.3) is 5.91 Å². The number of oxime groups is 1. The fourth-order valence-electron chi connectivity index (χ4n) is 2.66. The van der Waals surface area contributed by atoms with Gasteiger partial charge in [-0.2, -0.15) is 0 Å². The van der Waals surface area contributed by atoms with Crippen LogP contribution in [0.15, 0.2) is 47.6 Å². The first-order chi connectivity index (χ1) is 12.9. The van der Waals surface area contributed by atoms with Gasteiger partial charge < -0.3 is 14.9 Å². The highest BCUT2D eigenvalue weighted by Gasteiger charge is 2.12. The number of amides is 1. The zero-order valence-electron chi connectivity index (χ0n) is 16.7. The molecular formula is C22H28N2O3. The van der Waals surface area contributed by atoms with Gasteiger partial charge in [-0.15, -0.1) is 0 Å². The first-order valence-corrected chi connectivity index (χ1v) is 9.19. The van der Waals surface area contributed by atoms with Gasteiger partial charge in [0.2, 0.25) is 0 Å². The first-order valence-electron chi connectivity index (χ1n) is 9.19. The SMILES string of the molecule is Cc1cccc(C(C)C)c1NC(=O)CON=Cc1ccccc1OC(C)C. The number of ether oxygens (including phenoxy) is 1. The van der Waals surface area contributed by atoms with Gasteiger partial charge in [0.05, 0.1) is 12.3 Å². The molecule has 5 nitrogen and oxygen atoms in total. The second-order valence-electron chi connectivity index (χ2n) is 6.95. The molecule has 0 radical (unpaired) electrons. The molecule has 0 heterocycles.